The summed E-state index contributed by atoms with van der Waals surface area (Å²) < 4.78 is 11.5. The number of likely N-dealkylation sites (N-methyl/N-ethyl adjacent to an activating group) is 7. The van der Waals surface area contributed by atoms with Crippen molar-refractivity contribution in [3.63, 3.8) is 0 Å². The fourth-order valence-corrected chi connectivity index (χ4v) is 12.6. The molecule has 1 aromatic rings. The van der Waals surface area contributed by atoms with Gasteiger partial charge >= 0.3 is 5.97 Å². The van der Waals surface area contributed by atoms with E-state index in [1.54, 1.807) is 60.6 Å². The summed E-state index contributed by atoms with van der Waals surface area (Å²) in [4.78, 5) is 187. The molecule has 2 aliphatic rings. The van der Waals surface area contributed by atoms with E-state index in [9.17, 15) is 38.7 Å². The van der Waals surface area contributed by atoms with E-state index in [0.717, 1.165) is 14.7 Å². The van der Waals surface area contributed by atoms with Crippen molar-refractivity contribution in [2.45, 2.75) is 229 Å². The fourth-order valence-electron chi connectivity index (χ4n) is 12.6. The molecule has 2 fully saturated rings. The number of amides is 11. The Hall–Kier alpha value is -7.48. The van der Waals surface area contributed by atoms with Gasteiger partial charge in [-0.25, -0.2) is 4.79 Å². The number of allylic oxidation sites excluding steroid dienone is 2. The minimum absolute atomic E-state index is 0.0966. The third-order valence-corrected chi connectivity index (χ3v) is 18.5. The highest BCUT2D eigenvalue weighted by atomic mass is 16.5. The number of carbonyl (C=O) groups is 12. The number of aliphatic hydroxyl groups is 1. The van der Waals surface area contributed by atoms with Gasteiger partial charge in [-0.3, -0.25) is 57.6 Å². The highest BCUT2D eigenvalue weighted by Crippen LogP contribution is 2.38. The van der Waals surface area contributed by atoms with Crippen LogP contribution in [0.3, 0.4) is 0 Å². The summed E-state index contributed by atoms with van der Waals surface area (Å²) >= 11 is 0. The minimum atomic E-state index is -1.81. The van der Waals surface area contributed by atoms with Gasteiger partial charge in [0.2, 0.25) is 59.1 Å². The molecular weight excluding hydrogens is 1250 g/mol. The number of nitrogens with zero attached hydrogens (tertiary/aromatic N) is 8. The SMILES string of the molecule is C/C=C/C[C@@H](C)[C@@H](O)[C@H]1C(=O)N2C(c3ccc(C(=O)OC)cc3)O[C@@H](C)[C@@H]2C(=O)N(C)CC(=O)N(C)[C@@H](CC(C)C)C(=O)N[C@@H](C(C)C)C(=O)N(C)C(CC(C)C)C(=O)N[C@@H](C)C(=O)N[C@H](C)C(=O)N(C)[C@@H](CC(C)C)C(=O)N(C)[C@@H](CC(C)C)C(=O)N(C)[C@@H](C(C)C)C(=O)N1C. The van der Waals surface area contributed by atoms with Crippen LogP contribution in [-0.4, -0.2) is 251 Å². The Morgan fingerprint density at radius 1 is 0.536 bits per heavy atom. The lowest BCUT2D eigenvalue weighted by Gasteiger charge is -2.43. The molecule has 1 aromatic carbocycles. The number of hydrogen-bond donors (Lipinski definition) is 4. The molecule has 11 amide bonds. The fraction of sp³-hybridized carbons (Fsp3) is 0.718. The number of carbonyl (C=O) groups excluding carboxylic acids is 12. The monoisotopic (exact) mass is 1360 g/mol. The number of fused-ring (bicyclic) bond motifs is 1. The van der Waals surface area contributed by atoms with E-state index in [0.29, 0.717) is 0 Å². The summed E-state index contributed by atoms with van der Waals surface area (Å²) in [6.45, 7) is 28.9. The Balaban J connectivity index is 2.49. The van der Waals surface area contributed by atoms with E-state index in [1.807, 2.05) is 55.4 Å². The average molecular weight is 1360 g/mol. The van der Waals surface area contributed by atoms with Crippen LogP contribution in [0.4, 0.5) is 0 Å². The molecule has 0 saturated carbocycles. The molecule has 2 saturated heterocycles. The van der Waals surface area contributed by atoms with Crippen molar-refractivity contribution in [2.75, 3.05) is 63.0 Å². The van der Waals surface area contributed by atoms with Crippen LogP contribution >= 0.6 is 0 Å². The summed E-state index contributed by atoms with van der Waals surface area (Å²) in [5.41, 5.74) is 0.427. The number of ether oxygens (including phenoxy) is 2. The van der Waals surface area contributed by atoms with E-state index in [2.05, 4.69) is 16.0 Å². The summed E-state index contributed by atoms with van der Waals surface area (Å²) in [6.07, 6.45) is -0.00162. The second kappa shape index (κ2) is 36.9. The molecule has 26 heteroatoms. The van der Waals surface area contributed by atoms with Gasteiger partial charge < -0.3 is 64.8 Å². The molecule has 97 heavy (non-hydrogen) atoms. The van der Waals surface area contributed by atoms with Gasteiger partial charge in [-0.05, 0) is 113 Å². The highest BCUT2D eigenvalue weighted by molar-refractivity contribution is 6.00. The molecule has 0 bridgehead atoms. The molecule has 26 nitrogen and oxygen atoms in total. The number of aliphatic hydroxyl groups excluding tert-OH is 1. The van der Waals surface area contributed by atoms with Crippen LogP contribution in [0, 0.1) is 41.4 Å². The number of benzene rings is 1. The van der Waals surface area contributed by atoms with E-state index in [-0.39, 0.29) is 66.9 Å². The van der Waals surface area contributed by atoms with Gasteiger partial charge in [0.1, 0.15) is 60.4 Å². The number of methoxy groups -OCH3 is 1. The maximum absolute atomic E-state index is 16.3. The topological polar surface area (TPSA) is 306 Å². The molecule has 14 atom stereocenters. The maximum atomic E-state index is 16.3. The first-order valence-corrected chi connectivity index (χ1v) is 34.2. The molecule has 2 unspecified atom stereocenters. The molecule has 0 spiro atoms. The van der Waals surface area contributed by atoms with Gasteiger partial charge in [0.25, 0.3) is 5.91 Å². The normalized spacial score (nSPS) is 27.2. The maximum Gasteiger partial charge on any atom is 0.337 e. The highest BCUT2D eigenvalue weighted by Gasteiger charge is 2.54. The smallest absolute Gasteiger partial charge is 0.337 e. The number of rotatable bonds is 16. The first kappa shape index (κ1) is 83.7. The lowest BCUT2D eigenvalue weighted by atomic mass is 9.90. The lowest BCUT2D eigenvalue weighted by Crippen LogP contribution is -2.64. The van der Waals surface area contributed by atoms with Crippen molar-refractivity contribution in [1.29, 1.82) is 0 Å². The van der Waals surface area contributed by atoms with Crippen molar-refractivity contribution >= 4 is 70.9 Å². The number of esters is 1. The summed E-state index contributed by atoms with van der Waals surface area (Å²) in [6, 6.07) is -7.37. The number of nitrogens with one attached hydrogen (secondary N) is 3. The molecule has 3 rings (SSSR count). The zero-order valence-electron chi connectivity index (χ0n) is 62.5. The van der Waals surface area contributed by atoms with Crippen molar-refractivity contribution in [1.82, 2.24) is 55.1 Å². The Kier molecular flexibility index (Phi) is 31.9. The second-order valence-corrected chi connectivity index (χ2v) is 29.1. The van der Waals surface area contributed by atoms with Crippen molar-refractivity contribution in [3.05, 3.63) is 47.5 Å². The summed E-state index contributed by atoms with van der Waals surface area (Å²) in [5, 5.41) is 21.0. The zero-order chi connectivity index (χ0) is 74.3. The first-order chi connectivity index (χ1) is 45.0. The largest absolute Gasteiger partial charge is 0.465 e. The minimum Gasteiger partial charge on any atom is -0.465 e. The van der Waals surface area contributed by atoms with Crippen LogP contribution in [0.15, 0.2) is 36.4 Å². The second-order valence-electron chi connectivity index (χ2n) is 29.1. The predicted molar refractivity (Wildman–Crippen MR) is 368 cm³/mol. The molecule has 2 aliphatic heterocycles. The van der Waals surface area contributed by atoms with Gasteiger partial charge in [-0.2, -0.15) is 0 Å². The molecule has 0 aromatic heterocycles. The van der Waals surface area contributed by atoms with Crippen LogP contribution in [0.2, 0.25) is 0 Å². The predicted octanol–water partition coefficient (Wildman–Crippen LogP) is 4.48. The van der Waals surface area contributed by atoms with E-state index in [4.69, 9.17) is 9.47 Å². The van der Waals surface area contributed by atoms with Crippen LogP contribution in [-0.2, 0) is 62.2 Å². The molecule has 2 heterocycles. The molecule has 4 N–H and O–H groups in total. The molecule has 0 aliphatic carbocycles. The first-order valence-electron chi connectivity index (χ1n) is 34.2. The van der Waals surface area contributed by atoms with Gasteiger partial charge in [-0.15, -0.1) is 0 Å². The van der Waals surface area contributed by atoms with Crippen molar-refractivity contribution in [2.24, 2.45) is 41.4 Å². The van der Waals surface area contributed by atoms with Gasteiger partial charge in [0.05, 0.1) is 31.4 Å². The summed E-state index contributed by atoms with van der Waals surface area (Å²) in [5.74, 6) is -11.4. The van der Waals surface area contributed by atoms with E-state index >= 15 is 24.0 Å². The quantitative estimate of drug-likeness (QED) is 0.131. The molecule has 0 radical (unpaired) electrons. The third-order valence-electron chi connectivity index (χ3n) is 18.5. The van der Waals surface area contributed by atoms with Crippen LogP contribution in [0.5, 0.6) is 0 Å². The van der Waals surface area contributed by atoms with Crippen molar-refractivity contribution in [3.8, 4) is 0 Å². The Bertz CT molecular complexity index is 2950. The van der Waals surface area contributed by atoms with Gasteiger partial charge in [0, 0.05) is 54.9 Å². The van der Waals surface area contributed by atoms with Gasteiger partial charge in [0.15, 0.2) is 6.23 Å². The molecular formula is C71H117N11O15. The standard InChI is InChI=1S/C71H117N11O15/c1-26-27-28-44(14)59(84)58-69(94)82-57(47(17)97-70(82)48-29-31-49(32-30-48)71(95)96-25)67(92)75(18)37-54(83)76(19)50(33-38(2)3)62(87)74-55(42(10)11)66(91)77(20)51(34-39(4)5)61(86)72-45(15)60(85)73-46(16)63(88)78(21)52(35-40(6)7)64(89)79(22)53(36-41(8)9)65(90)80(23)56(43(12)13)68(93)81(58)24/h26-27,29-32,38-47,50-53,55-59,70,84H,28,33-37H2,1-25H3,(H,72,86)(H,73,85)(H,74,87)/b27-26+/t44-,45+,46-,47+,50+,51?,52+,53+,55+,56+,57-,58+,59-,70?/m1/s1. The Labute approximate surface area is 576 Å². The van der Waals surface area contributed by atoms with Gasteiger partial charge in [-0.1, -0.05) is 114 Å². The molecule has 546 valence electrons. The van der Waals surface area contributed by atoms with E-state index in [1.165, 1.54) is 119 Å². The van der Waals surface area contributed by atoms with E-state index < -0.39 is 174 Å². The van der Waals surface area contributed by atoms with Crippen molar-refractivity contribution < 1.29 is 72.1 Å². The van der Waals surface area contributed by atoms with Crippen LogP contribution < -0.4 is 16.0 Å². The number of hydrogen-bond acceptors (Lipinski definition) is 15. The van der Waals surface area contributed by atoms with Crippen LogP contribution in [0.1, 0.15) is 172 Å². The lowest BCUT2D eigenvalue weighted by molar-refractivity contribution is -0.162. The van der Waals surface area contributed by atoms with Crippen LogP contribution in [0.25, 0.3) is 0 Å². The Morgan fingerprint density at radius 2 is 0.979 bits per heavy atom. The zero-order valence-corrected chi connectivity index (χ0v) is 62.5. The average Bonchev–Trinajstić information content (AvgIpc) is 1.66. The summed E-state index contributed by atoms with van der Waals surface area (Å²) in [7, 11) is 11.0. The Morgan fingerprint density at radius 3 is 1.45 bits per heavy atom. The third kappa shape index (κ3) is 21.3.